The van der Waals surface area contributed by atoms with Gasteiger partial charge in [0.2, 0.25) is 0 Å². The van der Waals surface area contributed by atoms with Gasteiger partial charge in [-0.25, -0.2) is 14.8 Å². The Balaban J connectivity index is 1.35. The Morgan fingerprint density at radius 1 is 0.938 bits per heavy atom. The second-order valence-electron chi connectivity index (χ2n) is 8.25. The first kappa shape index (κ1) is 22.2. The van der Waals surface area contributed by atoms with E-state index in [1.807, 2.05) is 48.8 Å². The van der Waals surface area contributed by atoms with Crippen molar-refractivity contribution < 1.29 is 14.3 Å². The zero-order valence-electron chi connectivity index (χ0n) is 18.6. The van der Waals surface area contributed by atoms with Crippen molar-refractivity contribution in [2.45, 2.75) is 58.0 Å². The van der Waals surface area contributed by atoms with Gasteiger partial charge in [-0.2, -0.15) is 0 Å². The van der Waals surface area contributed by atoms with Crippen LogP contribution in [0.5, 0.6) is 5.75 Å². The van der Waals surface area contributed by atoms with Crippen LogP contribution in [0.3, 0.4) is 0 Å². The first-order chi connectivity index (χ1) is 15.7. The molecular formula is C27H30N2O3. The number of unbranched alkanes of at least 4 members (excludes halogenated alkanes) is 3. The number of aryl methyl sites for hydroxylation is 1. The Hall–Kier alpha value is -3.05. The van der Waals surface area contributed by atoms with Crippen molar-refractivity contribution in [1.29, 1.82) is 0 Å². The highest BCUT2D eigenvalue weighted by Gasteiger charge is 2.25. The third-order valence-electron chi connectivity index (χ3n) is 5.77. The van der Waals surface area contributed by atoms with E-state index < -0.39 is 6.10 Å². The van der Waals surface area contributed by atoms with Crippen molar-refractivity contribution in [2.75, 3.05) is 6.61 Å². The summed E-state index contributed by atoms with van der Waals surface area (Å²) in [6.07, 6.45) is 11.1. The molecule has 2 heterocycles. The van der Waals surface area contributed by atoms with Gasteiger partial charge < -0.3 is 9.47 Å². The van der Waals surface area contributed by atoms with Crippen molar-refractivity contribution in [2.24, 2.45) is 0 Å². The summed E-state index contributed by atoms with van der Waals surface area (Å²) in [5, 5.41) is 0. The third-order valence-corrected chi connectivity index (χ3v) is 5.77. The number of nitrogens with zero attached hydrogens (tertiary/aromatic N) is 2. The van der Waals surface area contributed by atoms with Crippen LogP contribution >= 0.6 is 0 Å². The Kier molecular flexibility index (Phi) is 7.62. The summed E-state index contributed by atoms with van der Waals surface area (Å²) < 4.78 is 10.8. The topological polar surface area (TPSA) is 61.3 Å². The summed E-state index contributed by atoms with van der Waals surface area (Å²) in [7, 11) is 0. The van der Waals surface area contributed by atoms with Crippen molar-refractivity contribution in [3.8, 4) is 28.3 Å². The van der Waals surface area contributed by atoms with E-state index >= 15 is 0 Å². The number of aromatic nitrogens is 2. The summed E-state index contributed by atoms with van der Waals surface area (Å²) in [5.74, 6) is 0.964. The van der Waals surface area contributed by atoms with Gasteiger partial charge in [0.05, 0.1) is 0 Å². The number of carbonyl (C=O) groups excluding carboxylic acids is 1. The molecule has 5 nitrogen and oxygen atoms in total. The van der Waals surface area contributed by atoms with E-state index in [-0.39, 0.29) is 5.97 Å². The average Bonchev–Trinajstić information content (AvgIpc) is 3.38. The highest BCUT2D eigenvalue weighted by molar-refractivity contribution is 5.78. The Labute approximate surface area is 189 Å². The van der Waals surface area contributed by atoms with E-state index in [0.717, 1.165) is 41.8 Å². The molecule has 0 saturated carbocycles. The Bertz CT molecular complexity index is 993. The first-order valence-corrected chi connectivity index (χ1v) is 11.6. The Morgan fingerprint density at radius 3 is 2.22 bits per heavy atom. The Morgan fingerprint density at radius 2 is 1.59 bits per heavy atom. The number of benzene rings is 2. The molecule has 0 bridgehead atoms. The van der Waals surface area contributed by atoms with Crippen LogP contribution in [0.1, 0.15) is 51.0 Å². The molecule has 166 valence electrons. The van der Waals surface area contributed by atoms with Gasteiger partial charge in [-0.05, 0) is 54.5 Å². The smallest absolute Gasteiger partial charge is 0.340 e. The standard InChI is InChI=1S/C27H30N2O3/c1-2-3-4-5-7-20-18-28-26(29-19-20)23-11-9-21(10-12-23)22-13-15-24(16-14-22)32-27(30)25-8-6-17-31-25/h9-16,18-19,25H,2-8,17H2,1H3. The fourth-order valence-corrected chi connectivity index (χ4v) is 3.86. The molecule has 0 aliphatic carbocycles. The predicted octanol–water partition coefficient (Wildman–Crippen LogP) is 6.02. The van der Waals surface area contributed by atoms with Gasteiger partial charge in [0.15, 0.2) is 11.9 Å². The molecule has 32 heavy (non-hydrogen) atoms. The number of ether oxygens (including phenoxy) is 2. The van der Waals surface area contributed by atoms with Crippen LogP contribution in [0.2, 0.25) is 0 Å². The maximum absolute atomic E-state index is 12.1. The fraction of sp³-hybridized carbons (Fsp3) is 0.370. The van der Waals surface area contributed by atoms with E-state index in [2.05, 4.69) is 29.0 Å². The van der Waals surface area contributed by atoms with Crippen LogP contribution in [0.15, 0.2) is 60.9 Å². The molecule has 4 rings (SSSR count). The average molecular weight is 431 g/mol. The summed E-state index contributed by atoms with van der Waals surface area (Å²) in [6, 6.07) is 15.7. The van der Waals surface area contributed by atoms with Gasteiger partial charge in [-0.3, -0.25) is 0 Å². The molecule has 1 saturated heterocycles. The van der Waals surface area contributed by atoms with E-state index in [1.54, 1.807) is 0 Å². The monoisotopic (exact) mass is 430 g/mol. The number of hydrogen-bond donors (Lipinski definition) is 0. The number of rotatable bonds is 9. The van der Waals surface area contributed by atoms with Crippen LogP contribution in [0, 0.1) is 0 Å². The van der Waals surface area contributed by atoms with Crippen molar-refractivity contribution in [3.05, 3.63) is 66.5 Å². The van der Waals surface area contributed by atoms with Gasteiger partial charge in [0, 0.05) is 24.6 Å². The molecule has 1 unspecified atom stereocenters. The molecule has 1 aromatic heterocycles. The van der Waals surface area contributed by atoms with Gasteiger partial charge in [0.25, 0.3) is 0 Å². The first-order valence-electron chi connectivity index (χ1n) is 11.6. The minimum absolute atomic E-state index is 0.313. The van der Waals surface area contributed by atoms with Crippen molar-refractivity contribution in [1.82, 2.24) is 9.97 Å². The molecule has 1 atom stereocenters. The largest absolute Gasteiger partial charge is 0.425 e. The lowest BCUT2D eigenvalue weighted by Crippen LogP contribution is -2.24. The molecule has 3 aromatic rings. The van der Waals surface area contributed by atoms with Crippen molar-refractivity contribution >= 4 is 5.97 Å². The zero-order valence-corrected chi connectivity index (χ0v) is 18.6. The van der Waals surface area contributed by atoms with Gasteiger partial charge >= 0.3 is 5.97 Å². The van der Waals surface area contributed by atoms with Gasteiger partial charge in [-0.15, -0.1) is 0 Å². The van der Waals surface area contributed by atoms with E-state index in [4.69, 9.17) is 9.47 Å². The quantitative estimate of drug-likeness (QED) is 0.236. The van der Waals surface area contributed by atoms with Crippen LogP contribution < -0.4 is 4.74 Å². The highest BCUT2D eigenvalue weighted by atomic mass is 16.6. The molecule has 2 aromatic carbocycles. The minimum Gasteiger partial charge on any atom is -0.425 e. The second kappa shape index (κ2) is 11.0. The highest BCUT2D eigenvalue weighted by Crippen LogP contribution is 2.26. The van der Waals surface area contributed by atoms with Crippen molar-refractivity contribution in [3.63, 3.8) is 0 Å². The lowest BCUT2D eigenvalue weighted by molar-refractivity contribution is -0.144. The zero-order chi connectivity index (χ0) is 22.2. The molecule has 1 aliphatic heterocycles. The summed E-state index contributed by atoms with van der Waals surface area (Å²) in [4.78, 5) is 21.2. The SMILES string of the molecule is CCCCCCc1cnc(-c2ccc(-c3ccc(OC(=O)C4CCCO4)cc3)cc2)nc1. The van der Waals surface area contributed by atoms with Crippen LogP contribution in [-0.4, -0.2) is 28.6 Å². The van der Waals surface area contributed by atoms with Crippen LogP contribution in [0.4, 0.5) is 0 Å². The normalized spacial score (nSPS) is 15.6. The lowest BCUT2D eigenvalue weighted by Gasteiger charge is -2.10. The molecule has 0 N–H and O–H groups in total. The van der Waals surface area contributed by atoms with E-state index in [1.165, 1.54) is 31.2 Å². The second-order valence-corrected chi connectivity index (χ2v) is 8.25. The summed E-state index contributed by atoms with van der Waals surface area (Å²) in [6.45, 7) is 2.85. The number of esters is 1. The van der Waals surface area contributed by atoms with E-state index in [0.29, 0.717) is 12.4 Å². The van der Waals surface area contributed by atoms with Gasteiger partial charge in [-0.1, -0.05) is 62.6 Å². The molecule has 0 spiro atoms. The molecular weight excluding hydrogens is 400 g/mol. The number of carbonyl (C=O) groups is 1. The van der Waals surface area contributed by atoms with E-state index in [9.17, 15) is 4.79 Å². The van der Waals surface area contributed by atoms with Gasteiger partial charge in [0.1, 0.15) is 5.75 Å². The summed E-state index contributed by atoms with van der Waals surface area (Å²) >= 11 is 0. The maximum Gasteiger partial charge on any atom is 0.340 e. The number of hydrogen-bond acceptors (Lipinski definition) is 5. The molecule has 1 aliphatic rings. The molecule has 0 amide bonds. The van der Waals surface area contributed by atoms with Crippen LogP contribution in [0.25, 0.3) is 22.5 Å². The maximum atomic E-state index is 12.1. The minimum atomic E-state index is -0.431. The molecule has 1 fully saturated rings. The third kappa shape index (κ3) is 5.80. The molecule has 5 heteroatoms. The molecule has 0 radical (unpaired) electrons. The fourth-order valence-electron chi connectivity index (χ4n) is 3.86. The summed E-state index contributed by atoms with van der Waals surface area (Å²) in [5.41, 5.74) is 4.32. The lowest BCUT2D eigenvalue weighted by atomic mass is 10.0. The van der Waals surface area contributed by atoms with Crippen LogP contribution in [-0.2, 0) is 16.0 Å². The predicted molar refractivity (Wildman–Crippen MR) is 125 cm³/mol.